The van der Waals surface area contributed by atoms with Gasteiger partial charge in [0.05, 0.1) is 22.4 Å². The average Bonchev–Trinajstić information content (AvgIpc) is 2.60. The maximum atomic E-state index is 6.00. The first kappa shape index (κ1) is 13.2. The fourth-order valence-corrected chi connectivity index (χ4v) is 2.12. The summed E-state index contributed by atoms with van der Waals surface area (Å²) in [4.78, 5) is 0. The normalized spacial score (nSPS) is 10.6. The molecule has 0 saturated carbocycles. The van der Waals surface area contributed by atoms with Crippen LogP contribution in [0, 0.1) is 10.5 Å². The minimum Gasteiger partial charge on any atom is -0.494 e. The number of anilines is 1. The van der Waals surface area contributed by atoms with Crippen molar-refractivity contribution >= 4 is 28.4 Å². The molecule has 2 rings (SSSR count). The molecule has 0 unspecified atom stereocenters. The molecule has 0 aliphatic carbocycles. The fraction of sp³-hybridized carbons (Fsp3) is 0.308. The van der Waals surface area contributed by atoms with Gasteiger partial charge < -0.3 is 10.5 Å². The number of rotatable bonds is 4. The highest BCUT2D eigenvalue weighted by Crippen LogP contribution is 2.20. The van der Waals surface area contributed by atoms with Crippen molar-refractivity contribution in [3.63, 3.8) is 0 Å². The Kier molecular flexibility index (Phi) is 4.11. The molecule has 0 saturated heterocycles. The molecule has 5 heteroatoms. The van der Waals surface area contributed by atoms with Crippen LogP contribution >= 0.6 is 22.6 Å². The molecule has 1 aromatic carbocycles. The van der Waals surface area contributed by atoms with Crippen molar-refractivity contribution in [2.75, 3.05) is 12.3 Å². The van der Waals surface area contributed by atoms with Crippen LogP contribution in [0.25, 0.3) is 0 Å². The lowest BCUT2D eigenvalue weighted by Gasteiger charge is -2.06. The second kappa shape index (κ2) is 5.60. The molecule has 0 radical (unpaired) electrons. The largest absolute Gasteiger partial charge is 0.494 e. The van der Waals surface area contributed by atoms with E-state index in [1.807, 2.05) is 42.8 Å². The number of aryl methyl sites for hydroxylation is 1. The van der Waals surface area contributed by atoms with Crippen LogP contribution in [-0.4, -0.2) is 16.4 Å². The predicted molar refractivity (Wildman–Crippen MR) is 80.8 cm³/mol. The van der Waals surface area contributed by atoms with Gasteiger partial charge in [-0.25, -0.2) is 4.68 Å². The standard InChI is InChI=1S/C13H16IN3O/c1-3-18-11-6-4-10(5-7-11)8-17-13(15)12(14)9(2)16-17/h4-7H,3,8,15H2,1-2H3. The van der Waals surface area contributed by atoms with E-state index in [1.165, 1.54) is 0 Å². The highest BCUT2D eigenvalue weighted by atomic mass is 127. The third-order valence-corrected chi connectivity index (χ3v) is 3.99. The Labute approximate surface area is 120 Å². The summed E-state index contributed by atoms with van der Waals surface area (Å²) < 4.78 is 8.26. The van der Waals surface area contributed by atoms with Crippen LogP contribution in [0.15, 0.2) is 24.3 Å². The first-order valence-electron chi connectivity index (χ1n) is 5.82. The van der Waals surface area contributed by atoms with Gasteiger partial charge in [-0.3, -0.25) is 0 Å². The van der Waals surface area contributed by atoms with Crippen LogP contribution in [0.5, 0.6) is 5.75 Å². The van der Waals surface area contributed by atoms with E-state index in [9.17, 15) is 0 Å². The number of nitrogens with two attached hydrogens (primary N) is 1. The van der Waals surface area contributed by atoms with Crippen LogP contribution < -0.4 is 10.5 Å². The van der Waals surface area contributed by atoms with E-state index in [-0.39, 0.29) is 0 Å². The molecule has 96 valence electrons. The summed E-state index contributed by atoms with van der Waals surface area (Å²) in [5, 5.41) is 4.42. The Balaban J connectivity index is 2.15. The zero-order valence-corrected chi connectivity index (χ0v) is 12.6. The molecule has 2 N–H and O–H groups in total. The van der Waals surface area contributed by atoms with Gasteiger partial charge in [-0.05, 0) is 54.1 Å². The zero-order chi connectivity index (χ0) is 13.1. The summed E-state index contributed by atoms with van der Waals surface area (Å²) in [7, 11) is 0. The van der Waals surface area contributed by atoms with Crippen LogP contribution in [0.2, 0.25) is 0 Å². The Morgan fingerprint density at radius 3 is 2.50 bits per heavy atom. The van der Waals surface area contributed by atoms with E-state index in [4.69, 9.17) is 10.5 Å². The third-order valence-electron chi connectivity index (χ3n) is 2.66. The summed E-state index contributed by atoms with van der Waals surface area (Å²) >= 11 is 2.22. The minimum atomic E-state index is 0.683. The van der Waals surface area contributed by atoms with Gasteiger partial charge in [-0.2, -0.15) is 5.10 Å². The highest BCUT2D eigenvalue weighted by molar-refractivity contribution is 14.1. The first-order chi connectivity index (χ1) is 8.61. The van der Waals surface area contributed by atoms with E-state index in [0.29, 0.717) is 13.2 Å². The van der Waals surface area contributed by atoms with Gasteiger partial charge in [0.15, 0.2) is 0 Å². The molecule has 0 aliphatic rings. The number of ether oxygens (including phenoxy) is 1. The van der Waals surface area contributed by atoms with Crippen LogP contribution in [-0.2, 0) is 6.54 Å². The topological polar surface area (TPSA) is 53.1 Å². The van der Waals surface area contributed by atoms with Crippen molar-refractivity contribution in [3.8, 4) is 5.75 Å². The monoisotopic (exact) mass is 357 g/mol. The third kappa shape index (κ3) is 2.77. The molecule has 0 aliphatic heterocycles. The molecule has 1 aromatic heterocycles. The molecule has 0 fully saturated rings. The fourth-order valence-electron chi connectivity index (χ4n) is 1.73. The predicted octanol–water partition coefficient (Wildman–Crippen LogP) is 2.83. The number of nitrogen functional groups attached to an aromatic ring is 1. The lowest BCUT2D eigenvalue weighted by atomic mass is 10.2. The van der Waals surface area contributed by atoms with Crippen molar-refractivity contribution in [3.05, 3.63) is 39.1 Å². The molecule has 0 bridgehead atoms. The van der Waals surface area contributed by atoms with Crippen molar-refractivity contribution in [1.29, 1.82) is 0 Å². The summed E-state index contributed by atoms with van der Waals surface area (Å²) in [5.74, 6) is 1.61. The van der Waals surface area contributed by atoms with Gasteiger partial charge in [0.1, 0.15) is 11.6 Å². The molecule has 0 atom stereocenters. The number of halogens is 1. The smallest absolute Gasteiger partial charge is 0.135 e. The van der Waals surface area contributed by atoms with E-state index >= 15 is 0 Å². The van der Waals surface area contributed by atoms with Gasteiger partial charge >= 0.3 is 0 Å². The zero-order valence-electron chi connectivity index (χ0n) is 10.5. The molecule has 1 heterocycles. The van der Waals surface area contributed by atoms with E-state index < -0.39 is 0 Å². The molecule has 2 aromatic rings. The lowest BCUT2D eigenvalue weighted by molar-refractivity contribution is 0.340. The Bertz CT molecular complexity index is 534. The molecule has 4 nitrogen and oxygen atoms in total. The number of hydrogen-bond donors (Lipinski definition) is 1. The van der Waals surface area contributed by atoms with E-state index in [1.54, 1.807) is 0 Å². The lowest BCUT2D eigenvalue weighted by Crippen LogP contribution is -2.06. The Morgan fingerprint density at radius 1 is 1.33 bits per heavy atom. The van der Waals surface area contributed by atoms with Crippen LogP contribution in [0.3, 0.4) is 0 Å². The van der Waals surface area contributed by atoms with E-state index in [0.717, 1.165) is 26.4 Å². The Morgan fingerprint density at radius 2 is 2.00 bits per heavy atom. The quantitative estimate of drug-likeness (QED) is 0.857. The van der Waals surface area contributed by atoms with Gasteiger partial charge in [0.25, 0.3) is 0 Å². The highest BCUT2D eigenvalue weighted by Gasteiger charge is 2.09. The second-order valence-electron chi connectivity index (χ2n) is 4.02. The van der Waals surface area contributed by atoms with Gasteiger partial charge in [0, 0.05) is 0 Å². The maximum Gasteiger partial charge on any atom is 0.135 e. The maximum absolute atomic E-state index is 6.00. The Hall–Kier alpha value is -1.24. The SMILES string of the molecule is CCOc1ccc(Cn2nc(C)c(I)c2N)cc1. The molecule has 0 amide bonds. The number of aromatic nitrogens is 2. The van der Waals surface area contributed by atoms with Crippen molar-refractivity contribution < 1.29 is 4.74 Å². The molecular formula is C13H16IN3O. The molecule has 18 heavy (non-hydrogen) atoms. The summed E-state index contributed by atoms with van der Waals surface area (Å²) in [5.41, 5.74) is 8.12. The van der Waals surface area contributed by atoms with Crippen molar-refractivity contribution in [2.24, 2.45) is 0 Å². The van der Waals surface area contributed by atoms with E-state index in [2.05, 4.69) is 27.7 Å². The van der Waals surface area contributed by atoms with Crippen molar-refractivity contribution in [2.45, 2.75) is 20.4 Å². The molecule has 0 spiro atoms. The summed E-state index contributed by atoms with van der Waals surface area (Å²) in [6, 6.07) is 8.01. The summed E-state index contributed by atoms with van der Waals surface area (Å²) in [6.45, 7) is 5.31. The van der Waals surface area contributed by atoms with Crippen LogP contribution in [0.1, 0.15) is 18.2 Å². The number of hydrogen-bond acceptors (Lipinski definition) is 3. The minimum absolute atomic E-state index is 0.683. The molecular weight excluding hydrogens is 341 g/mol. The second-order valence-corrected chi connectivity index (χ2v) is 5.10. The first-order valence-corrected chi connectivity index (χ1v) is 6.89. The van der Waals surface area contributed by atoms with Crippen LogP contribution in [0.4, 0.5) is 5.82 Å². The average molecular weight is 357 g/mol. The van der Waals surface area contributed by atoms with Crippen molar-refractivity contribution in [1.82, 2.24) is 9.78 Å². The van der Waals surface area contributed by atoms with Gasteiger partial charge in [0.2, 0.25) is 0 Å². The number of nitrogens with zero attached hydrogens (tertiary/aromatic N) is 2. The van der Waals surface area contributed by atoms with Gasteiger partial charge in [-0.1, -0.05) is 12.1 Å². The summed E-state index contributed by atoms with van der Waals surface area (Å²) in [6.07, 6.45) is 0. The number of benzene rings is 1. The van der Waals surface area contributed by atoms with Gasteiger partial charge in [-0.15, -0.1) is 0 Å².